The van der Waals surface area contributed by atoms with Gasteiger partial charge in [-0.05, 0) is 48.2 Å². The number of thioether (sulfide) groups is 2. The van der Waals surface area contributed by atoms with Crippen LogP contribution in [0.25, 0.3) is 0 Å². The van der Waals surface area contributed by atoms with E-state index in [2.05, 4.69) is 21.3 Å². The van der Waals surface area contributed by atoms with Gasteiger partial charge in [0.2, 0.25) is 23.6 Å². The third-order valence-corrected chi connectivity index (χ3v) is 9.78. The average molecular weight is 856 g/mol. The SMILES string of the molecule is CCc1ccc(C(=O)N(CCNC(=O)CCl)CCNC(=O)CCl)cc1.CCc1ccc(C(=O)N(CCNC(=O)CSC(C)=O)CCNC(=O)CSC(C)=O)cc1. The molecule has 18 heteroatoms. The maximum atomic E-state index is 12.9. The lowest BCUT2D eigenvalue weighted by atomic mass is 10.1. The Hall–Kier alpha value is -4.12. The van der Waals surface area contributed by atoms with E-state index in [-0.39, 0.29) is 108 Å². The van der Waals surface area contributed by atoms with Crippen molar-refractivity contribution in [3.63, 3.8) is 0 Å². The summed E-state index contributed by atoms with van der Waals surface area (Å²) in [6.45, 7) is 9.02. The second kappa shape index (κ2) is 29.2. The second-order valence-electron chi connectivity index (χ2n) is 11.9. The van der Waals surface area contributed by atoms with Gasteiger partial charge in [-0.2, -0.15) is 0 Å². The molecule has 6 amide bonds. The van der Waals surface area contributed by atoms with E-state index in [1.807, 2.05) is 38.1 Å². The van der Waals surface area contributed by atoms with E-state index in [1.54, 1.807) is 34.1 Å². The standard InChI is InChI=1S/C21H29N3O5S2.C17H23Cl2N3O3/c1-4-17-5-7-18(8-6-17)21(29)24(11-9-22-19(27)13-30-15(2)25)12-10-23-20(28)14-31-16(3)26;1-2-13-3-5-14(6-4-13)17(25)22(9-7-20-15(23)11-18)10-8-21-16(24)12-19/h5-8H,4,9-14H2,1-3H3,(H,22,27)(H,23,28);3-6H,2,7-12H2,1H3,(H,20,23)(H,21,24). The quantitative estimate of drug-likeness (QED) is 0.128. The highest BCUT2D eigenvalue weighted by atomic mass is 35.5. The van der Waals surface area contributed by atoms with Crippen molar-refractivity contribution in [1.82, 2.24) is 31.1 Å². The number of aryl methyl sites for hydroxylation is 2. The van der Waals surface area contributed by atoms with E-state index in [9.17, 15) is 38.4 Å². The zero-order valence-corrected chi connectivity index (χ0v) is 35.4. The third kappa shape index (κ3) is 21.8. The molecule has 4 N–H and O–H groups in total. The van der Waals surface area contributed by atoms with Crippen LogP contribution in [0.1, 0.15) is 59.5 Å². The lowest BCUT2D eigenvalue weighted by Crippen LogP contribution is -2.43. The summed E-state index contributed by atoms with van der Waals surface area (Å²) in [5.74, 6) is -1.71. The van der Waals surface area contributed by atoms with Gasteiger partial charge in [0, 0.05) is 77.3 Å². The summed E-state index contributed by atoms with van der Waals surface area (Å²) in [6.07, 6.45) is 1.76. The third-order valence-electron chi connectivity index (χ3n) is 7.66. The fraction of sp³-hybridized carbons (Fsp3) is 0.474. The van der Waals surface area contributed by atoms with Crippen LogP contribution in [0.15, 0.2) is 48.5 Å². The molecular weight excluding hydrogens is 803 g/mol. The summed E-state index contributed by atoms with van der Waals surface area (Å²) in [7, 11) is 0. The minimum Gasteiger partial charge on any atom is -0.354 e. The number of alkyl halides is 2. The molecule has 0 radical (unpaired) electrons. The number of rotatable bonds is 22. The van der Waals surface area contributed by atoms with E-state index in [0.29, 0.717) is 24.2 Å². The van der Waals surface area contributed by atoms with Crippen molar-refractivity contribution in [2.24, 2.45) is 0 Å². The molecule has 14 nitrogen and oxygen atoms in total. The van der Waals surface area contributed by atoms with Gasteiger partial charge in [-0.1, -0.05) is 61.6 Å². The fourth-order valence-corrected chi connectivity index (χ4v) is 5.67. The summed E-state index contributed by atoms with van der Waals surface area (Å²) >= 11 is 12.7. The monoisotopic (exact) mass is 854 g/mol. The highest BCUT2D eigenvalue weighted by Crippen LogP contribution is 2.10. The molecule has 0 heterocycles. The first-order chi connectivity index (χ1) is 26.7. The summed E-state index contributed by atoms with van der Waals surface area (Å²) in [5.41, 5.74) is 3.35. The Morgan fingerprint density at radius 1 is 0.500 bits per heavy atom. The fourth-order valence-electron chi connectivity index (χ4n) is 4.61. The predicted molar refractivity (Wildman–Crippen MR) is 223 cm³/mol. The second-order valence-corrected chi connectivity index (χ2v) is 14.8. The number of carbonyl (C=O) groups is 8. The van der Waals surface area contributed by atoms with Crippen LogP contribution in [0.5, 0.6) is 0 Å². The van der Waals surface area contributed by atoms with Gasteiger partial charge in [0.25, 0.3) is 11.8 Å². The zero-order chi connectivity index (χ0) is 41.9. The lowest BCUT2D eigenvalue weighted by molar-refractivity contribution is -0.119. The number of hydrogen-bond donors (Lipinski definition) is 4. The molecule has 0 saturated carbocycles. The van der Waals surface area contributed by atoms with Gasteiger partial charge in [0.15, 0.2) is 10.2 Å². The molecule has 0 spiro atoms. The van der Waals surface area contributed by atoms with E-state index in [1.165, 1.54) is 13.8 Å². The number of halogens is 2. The maximum Gasteiger partial charge on any atom is 0.253 e. The van der Waals surface area contributed by atoms with E-state index in [4.69, 9.17) is 23.2 Å². The summed E-state index contributed by atoms with van der Waals surface area (Å²) in [6, 6.07) is 14.7. The molecule has 2 rings (SSSR count). The van der Waals surface area contributed by atoms with Crippen LogP contribution in [-0.4, -0.2) is 131 Å². The number of nitrogens with one attached hydrogen (secondary N) is 4. The van der Waals surface area contributed by atoms with Crippen molar-refractivity contribution in [3.8, 4) is 0 Å². The van der Waals surface area contributed by atoms with Gasteiger partial charge in [0.05, 0.1) is 11.5 Å². The smallest absolute Gasteiger partial charge is 0.253 e. The van der Waals surface area contributed by atoms with Gasteiger partial charge in [-0.15, -0.1) is 23.2 Å². The first-order valence-corrected chi connectivity index (χ1v) is 21.0. The lowest BCUT2D eigenvalue weighted by Gasteiger charge is -2.23. The molecule has 0 saturated heterocycles. The van der Waals surface area contributed by atoms with Crippen molar-refractivity contribution in [1.29, 1.82) is 0 Å². The van der Waals surface area contributed by atoms with Crippen molar-refractivity contribution < 1.29 is 38.4 Å². The van der Waals surface area contributed by atoms with Crippen LogP contribution in [0.2, 0.25) is 0 Å². The molecule has 56 heavy (non-hydrogen) atoms. The number of amides is 6. The molecule has 2 aromatic rings. The van der Waals surface area contributed by atoms with Crippen LogP contribution >= 0.6 is 46.7 Å². The van der Waals surface area contributed by atoms with Crippen LogP contribution < -0.4 is 21.3 Å². The molecular formula is C38H52Cl2N6O8S2. The highest BCUT2D eigenvalue weighted by Gasteiger charge is 2.18. The Bertz CT molecular complexity index is 1540. The molecule has 2 aromatic carbocycles. The summed E-state index contributed by atoms with van der Waals surface area (Å²) in [4.78, 5) is 96.7. The van der Waals surface area contributed by atoms with Crippen molar-refractivity contribution in [2.75, 3.05) is 75.6 Å². The first kappa shape index (κ1) is 49.9. The minimum absolute atomic E-state index is 0.0334. The van der Waals surface area contributed by atoms with E-state index < -0.39 is 0 Å². The Kier molecular flexibility index (Phi) is 26.0. The molecule has 0 atom stereocenters. The van der Waals surface area contributed by atoms with Crippen LogP contribution in [0, 0.1) is 0 Å². The number of carbonyl (C=O) groups excluding carboxylic acids is 8. The van der Waals surface area contributed by atoms with Crippen molar-refractivity contribution in [3.05, 3.63) is 70.8 Å². The average Bonchev–Trinajstić information content (AvgIpc) is 3.20. The van der Waals surface area contributed by atoms with Gasteiger partial charge in [0.1, 0.15) is 11.8 Å². The largest absolute Gasteiger partial charge is 0.354 e. The van der Waals surface area contributed by atoms with Gasteiger partial charge < -0.3 is 31.1 Å². The predicted octanol–water partition coefficient (Wildman–Crippen LogP) is 2.88. The molecule has 0 fully saturated rings. The zero-order valence-electron chi connectivity index (χ0n) is 32.3. The van der Waals surface area contributed by atoms with Gasteiger partial charge in [-0.25, -0.2) is 0 Å². The summed E-state index contributed by atoms with van der Waals surface area (Å²) in [5, 5.41) is 10.4. The molecule has 0 aliphatic carbocycles. The first-order valence-electron chi connectivity index (χ1n) is 18.0. The molecule has 0 aliphatic heterocycles. The molecule has 0 aromatic heterocycles. The molecule has 0 bridgehead atoms. The molecule has 0 aliphatic rings. The van der Waals surface area contributed by atoms with Gasteiger partial charge >= 0.3 is 0 Å². The van der Waals surface area contributed by atoms with E-state index in [0.717, 1.165) is 47.5 Å². The molecule has 0 unspecified atom stereocenters. The van der Waals surface area contributed by atoms with Crippen LogP contribution in [0.3, 0.4) is 0 Å². The van der Waals surface area contributed by atoms with Crippen LogP contribution in [-0.2, 0) is 41.6 Å². The van der Waals surface area contributed by atoms with Crippen molar-refractivity contribution in [2.45, 2.75) is 40.5 Å². The Morgan fingerprint density at radius 2 is 0.786 bits per heavy atom. The maximum absolute atomic E-state index is 12.9. The summed E-state index contributed by atoms with van der Waals surface area (Å²) < 4.78 is 0. The Balaban J connectivity index is 0.000000573. The number of benzene rings is 2. The van der Waals surface area contributed by atoms with Gasteiger partial charge in [-0.3, -0.25) is 38.4 Å². The van der Waals surface area contributed by atoms with E-state index >= 15 is 0 Å². The van der Waals surface area contributed by atoms with Crippen LogP contribution in [0.4, 0.5) is 0 Å². The minimum atomic E-state index is -0.295. The van der Waals surface area contributed by atoms with Crippen molar-refractivity contribution >= 4 is 92.4 Å². The number of nitrogens with zero attached hydrogens (tertiary/aromatic N) is 2. The molecule has 308 valence electrons. The Labute approximate surface area is 347 Å². The highest BCUT2D eigenvalue weighted by molar-refractivity contribution is 8.14. The topological polar surface area (TPSA) is 191 Å². The number of hydrogen-bond acceptors (Lipinski definition) is 10. The Morgan fingerprint density at radius 3 is 1.04 bits per heavy atom. The normalized spacial score (nSPS) is 10.2.